The SMILES string of the molecule is CCOC(=O)/C=C(\C)NC(=O)c1cn(C)nc1C. The number of hydrogen-bond acceptors (Lipinski definition) is 4. The highest BCUT2D eigenvalue weighted by Crippen LogP contribution is 2.05. The van der Waals surface area contributed by atoms with Crippen molar-refractivity contribution < 1.29 is 14.3 Å². The lowest BCUT2D eigenvalue weighted by Gasteiger charge is -2.04. The summed E-state index contributed by atoms with van der Waals surface area (Å²) in [7, 11) is 1.74. The maximum Gasteiger partial charge on any atom is 0.332 e. The lowest BCUT2D eigenvalue weighted by molar-refractivity contribution is -0.137. The molecule has 0 bridgehead atoms. The van der Waals surface area contributed by atoms with Crippen LogP contribution in [0.5, 0.6) is 0 Å². The number of hydrogen-bond donors (Lipinski definition) is 1. The molecule has 1 aromatic rings. The average molecular weight is 251 g/mol. The van der Waals surface area contributed by atoms with E-state index in [1.807, 2.05) is 0 Å². The third-order valence-electron chi connectivity index (χ3n) is 2.19. The molecule has 1 N–H and O–H groups in total. The molecule has 0 fully saturated rings. The first-order chi connectivity index (χ1) is 8.43. The highest BCUT2D eigenvalue weighted by molar-refractivity contribution is 5.96. The van der Waals surface area contributed by atoms with Gasteiger partial charge in [-0.3, -0.25) is 9.48 Å². The molecule has 6 heteroatoms. The maximum atomic E-state index is 11.9. The van der Waals surface area contributed by atoms with Crippen molar-refractivity contribution in [2.24, 2.45) is 7.05 Å². The number of aryl methyl sites for hydroxylation is 2. The predicted octanol–water partition coefficient (Wildman–Crippen LogP) is 0.925. The van der Waals surface area contributed by atoms with E-state index in [4.69, 9.17) is 4.74 Å². The van der Waals surface area contributed by atoms with Crippen LogP contribution in [-0.2, 0) is 16.6 Å². The van der Waals surface area contributed by atoms with Gasteiger partial charge in [0.1, 0.15) is 0 Å². The van der Waals surface area contributed by atoms with Gasteiger partial charge in [0.2, 0.25) is 0 Å². The van der Waals surface area contributed by atoms with E-state index in [0.29, 0.717) is 23.6 Å². The summed E-state index contributed by atoms with van der Waals surface area (Å²) in [5.41, 5.74) is 1.55. The quantitative estimate of drug-likeness (QED) is 0.638. The van der Waals surface area contributed by atoms with Crippen LogP contribution in [0, 0.1) is 6.92 Å². The monoisotopic (exact) mass is 251 g/mol. The summed E-state index contributed by atoms with van der Waals surface area (Å²) < 4.78 is 6.31. The molecule has 0 atom stereocenters. The van der Waals surface area contributed by atoms with Gasteiger partial charge in [-0.1, -0.05) is 0 Å². The van der Waals surface area contributed by atoms with E-state index in [-0.39, 0.29) is 5.91 Å². The van der Waals surface area contributed by atoms with Crippen LogP contribution in [0.2, 0.25) is 0 Å². The Morgan fingerprint density at radius 1 is 1.56 bits per heavy atom. The van der Waals surface area contributed by atoms with Gasteiger partial charge >= 0.3 is 5.97 Å². The molecular formula is C12H17N3O3. The summed E-state index contributed by atoms with van der Waals surface area (Å²) >= 11 is 0. The minimum absolute atomic E-state index is 0.293. The van der Waals surface area contributed by atoms with E-state index in [9.17, 15) is 9.59 Å². The summed E-state index contributed by atoms with van der Waals surface area (Å²) in [6, 6.07) is 0. The van der Waals surface area contributed by atoms with E-state index in [2.05, 4.69) is 10.4 Å². The Morgan fingerprint density at radius 3 is 2.72 bits per heavy atom. The van der Waals surface area contributed by atoms with Gasteiger partial charge in [0.25, 0.3) is 5.91 Å². The molecule has 0 unspecified atom stereocenters. The van der Waals surface area contributed by atoms with Gasteiger partial charge in [0, 0.05) is 25.0 Å². The fourth-order valence-electron chi connectivity index (χ4n) is 1.47. The number of carbonyl (C=O) groups excluding carboxylic acids is 2. The fourth-order valence-corrected chi connectivity index (χ4v) is 1.47. The summed E-state index contributed by atoms with van der Waals surface area (Å²) in [5, 5.41) is 6.68. The van der Waals surface area contributed by atoms with E-state index in [1.54, 1.807) is 38.7 Å². The molecule has 0 aliphatic carbocycles. The largest absolute Gasteiger partial charge is 0.463 e. The summed E-state index contributed by atoms with van der Waals surface area (Å²) in [6.07, 6.45) is 2.87. The molecule has 1 aromatic heterocycles. The standard InChI is InChI=1S/C12H17N3O3/c1-5-18-11(16)6-8(2)13-12(17)10-7-15(4)14-9(10)3/h6-7H,5H2,1-4H3,(H,13,17)/b8-6+. The normalized spacial score (nSPS) is 11.2. The van der Waals surface area contributed by atoms with Gasteiger partial charge in [-0.2, -0.15) is 5.10 Å². The number of esters is 1. The molecule has 6 nitrogen and oxygen atoms in total. The summed E-state index contributed by atoms with van der Waals surface area (Å²) in [4.78, 5) is 23.0. The molecule has 0 saturated heterocycles. The van der Waals surface area contributed by atoms with Crippen molar-refractivity contribution in [1.29, 1.82) is 0 Å². The van der Waals surface area contributed by atoms with E-state index in [1.165, 1.54) is 6.08 Å². The lowest BCUT2D eigenvalue weighted by atomic mass is 10.2. The Bertz CT molecular complexity index is 489. The molecule has 1 heterocycles. The van der Waals surface area contributed by atoms with Gasteiger partial charge in [-0.15, -0.1) is 0 Å². The predicted molar refractivity (Wildman–Crippen MR) is 65.8 cm³/mol. The van der Waals surface area contributed by atoms with Crippen molar-refractivity contribution in [2.45, 2.75) is 20.8 Å². The minimum atomic E-state index is -0.474. The first-order valence-corrected chi connectivity index (χ1v) is 5.60. The van der Waals surface area contributed by atoms with Crippen molar-refractivity contribution in [2.75, 3.05) is 6.61 Å². The summed E-state index contributed by atoms with van der Waals surface area (Å²) in [6.45, 7) is 5.40. The number of nitrogens with one attached hydrogen (secondary N) is 1. The Balaban J connectivity index is 2.70. The van der Waals surface area contributed by atoms with Crippen molar-refractivity contribution in [1.82, 2.24) is 15.1 Å². The van der Waals surface area contributed by atoms with Crippen LogP contribution < -0.4 is 5.32 Å². The molecule has 18 heavy (non-hydrogen) atoms. The van der Waals surface area contributed by atoms with Crippen LogP contribution in [0.4, 0.5) is 0 Å². The second-order valence-electron chi connectivity index (χ2n) is 3.84. The molecule has 0 aromatic carbocycles. The van der Waals surface area contributed by atoms with Crippen LogP contribution in [0.25, 0.3) is 0 Å². The van der Waals surface area contributed by atoms with Crippen LogP contribution in [0.3, 0.4) is 0 Å². The second kappa shape index (κ2) is 6.00. The highest BCUT2D eigenvalue weighted by atomic mass is 16.5. The molecule has 0 saturated carbocycles. The molecule has 1 amide bonds. The Hall–Kier alpha value is -2.11. The van der Waals surface area contributed by atoms with E-state index < -0.39 is 5.97 Å². The zero-order valence-electron chi connectivity index (χ0n) is 11.0. The molecule has 0 radical (unpaired) electrons. The van der Waals surface area contributed by atoms with Crippen LogP contribution in [-0.4, -0.2) is 28.3 Å². The Morgan fingerprint density at radius 2 is 2.22 bits per heavy atom. The van der Waals surface area contributed by atoms with Gasteiger partial charge in [0.05, 0.1) is 17.9 Å². The van der Waals surface area contributed by atoms with Crippen molar-refractivity contribution in [3.05, 3.63) is 29.2 Å². The maximum absolute atomic E-state index is 11.9. The number of aromatic nitrogens is 2. The smallest absolute Gasteiger partial charge is 0.332 e. The zero-order valence-corrected chi connectivity index (χ0v) is 11.0. The second-order valence-corrected chi connectivity index (χ2v) is 3.84. The molecular weight excluding hydrogens is 234 g/mol. The zero-order chi connectivity index (χ0) is 13.7. The van der Waals surface area contributed by atoms with Gasteiger partial charge in [-0.05, 0) is 20.8 Å². The van der Waals surface area contributed by atoms with Gasteiger partial charge in [-0.25, -0.2) is 4.79 Å². The van der Waals surface area contributed by atoms with Crippen molar-refractivity contribution in [3.8, 4) is 0 Å². The number of nitrogens with zero attached hydrogens (tertiary/aromatic N) is 2. The fraction of sp³-hybridized carbons (Fsp3) is 0.417. The number of amides is 1. The Labute approximate surface area is 106 Å². The van der Waals surface area contributed by atoms with E-state index >= 15 is 0 Å². The first-order valence-electron chi connectivity index (χ1n) is 5.60. The third-order valence-corrected chi connectivity index (χ3v) is 2.19. The molecule has 98 valence electrons. The lowest BCUT2D eigenvalue weighted by Crippen LogP contribution is -2.22. The number of carbonyl (C=O) groups is 2. The molecule has 0 aliphatic rings. The van der Waals surface area contributed by atoms with Crippen molar-refractivity contribution in [3.63, 3.8) is 0 Å². The Kier molecular flexibility index (Phi) is 4.65. The highest BCUT2D eigenvalue weighted by Gasteiger charge is 2.12. The van der Waals surface area contributed by atoms with Crippen LogP contribution in [0.15, 0.2) is 18.0 Å². The molecule has 0 spiro atoms. The topological polar surface area (TPSA) is 73.2 Å². The third kappa shape index (κ3) is 3.73. The van der Waals surface area contributed by atoms with Crippen LogP contribution >= 0.6 is 0 Å². The molecule has 0 aliphatic heterocycles. The number of allylic oxidation sites excluding steroid dienone is 1. The van der Waals surface area contributed by atoms with Crippen molar-refractivity contribution >= 4 is 11.9 Å². The number of rotatable bonds is 4. The van der Waals surface area contributed by atoms with E-state index in [0.717, 1.165) is 0 Å². The first kappa shape index (κ1) is 14.0. The average Bonchev–Trinajstić information content (AvgIpc) is 2.57. The van der Waals surface area contributed by atoms with Crippen LogP contribution in [0.1, 0.15) is 29.9 Å². The summed E-state index contributed by atoms with van der Waals surface area (Å²) in [5.74, 6) is -0.767. The molecule has 1 rings (SSSR count). The minimum Gasteiger partial charge on any atom is -0.463 e. The number of ether oxygens (including phenoxy) is 1. The van der Waals surface area contributed by atoms with Gasteiger partial charge in [0.15, 0.2) is 0 Å². The van der Waals surface area contributed by atoms with Gasteiger partial charge < -0.3 is 10.1 Å².